The number of benzene rings is 1. The van der Waals surface area contributed by atoms with E-state index in [0.29, 0.717) is 12.5 Å². The second-order valence-corrected chi connectivity index (χ2v) is 10.0. The van der Waals surface area contributed by atoms with E-state index in [1.807, 2.05) is 31.3 Å². The van der Waals surface area contributed by atoms with Gasteiger partial charge in [-0.25, -0.2) is 4.98 Å². The molecule has 4 rings (SSSR count). The number of nitrogens with one attached hydrogen (secondary N) is 1. The molecule has 1 fully saturated rings. The van der Waals surface area contributed by atoms with Gasteiger partial charge in [-0.15, -0.1) is 0 Å². The second kappa shape index (κ2) is 13.7. The Bertz CT molecular complexity index is 1220. The Morgan fingerprint density at radius 2 is 1.97 bits per heavy atom. The van der Waals surface area contributed by atoms with Crippen LogP contribution < -0.4 is 5.32 Å². The van der Waals surface area contributed by atoms with Crippen molar-refractivity contribution in [1.29, 1.82) is 0 Å². The zero-order valence-electron chi connectivity index (χ0n) is 22.1. The summed E-state index contributed by atoms with van der Waals surface area (Å²) >= 11 is 0. The molecule has 0 aliphatic heterocycles. The highest BCUT2D eigenvalue weighted by atomic mass is 16.1. The van der Waals surface area contributed by atoms with Gasteiger partial charge in [0.15, 0.2) is 0 Å². The van der Waals surface area contributed by atoms with Crippen LogP contribution in [0.15, 0.2) is 84.8 Å². The summed E-state index contributed by atoms with van der Waals surface area (Å²) in [7, 11) is 0. The molecule has 0 radical (unpaired) electrons. The van der Waals surface area contributed by atoms with Crippen LogP contribution in [-0.4, -0.2) is 27.7 Å². The molecule has 1 atom stereocenters. The molecular formula is C32H40N4O. The van der Waals surface area contributed by atoms with Gasteiger partial charge in [-0.05, 0) is 62.3 Å². The molecule has 3 aromatic rings. The summed E-state index contributed by atoms with van der Waals surface area (Å²) in [5.41, 5.74) is 4.25. The minimum atomic E-state index is 0.0625. The third-order valence-electron chi connectivity index (χ3n) is 7.51. The summed E-state index contributed by atoms with van der Waals surface area (Å²) in [4.78, 5) is 22.3. The number of hydrogen-bond donors (Lipinski definition) is 1. The van der Waals surface area contributed by atoms with Crippen LogP contribution in [0.2, 0.25) is 0 Å². The van der Waals surface area contributed by atoms with Gasteiger partial charge in [0.2, 0.25) is 5.91 Å². The highest BCUT2D eigenvalue weighted by molar-refractivity contribution is 5.98. The van der Waals surface area contributed by atoms with Crippen LogP contribution in [0.1, 0.15) is 58.3 Å². The molecular weight excluding hydrogens is 456 g/mol. The van der Waals surface area contributed by atoms with Crippen LogP contribution in [0.25, 0.3) is 22.2 Å². The van der Waals surface area contributed by atoms with Crippen LogP contribution in [0.5, 0.6) is 0 Å². The molecule has 1 aliphatic carbocycles. The van der Waals surface area contributed by atoms with Crippen LogP contribution in [0, 0.1) is 11.8 Å². The molecule has 0 bridgehead atoms. The number of carbonyl (C=O) groups is 1. The van der Waals surface area contributed by atoms with E-state index in [1.165, 1.54) is 35.8 Å². The first kappa shape index (κ1) is 26.6. The molecule has 1 aliphatic rings. The number of amides is 1. The molecule has 37 heavy (non-hydrogen) atoms. The summed E-state index contributed by atoms with van der Waals surface area (Å²) in [6.45, 7) is 7.09. The van der Waals surface area contributed by atoms with Crippen molar-refractivity contribution in [2.24, 2.45) is 16.8 Å². The van der Waals surface area contributed by atoms with E-state index in [0.717, 1.165) is 50.0 Å². The van der Waals surface area contributed by atoms with E-state index in [2.05, 4.69) is 63.0 Å². The lowest BCUT2D eigenvalue weighted by Crippen LogP contribution is -2.38. The summed E-state index contributed by atoms with van der Waals surface area (Å²) < 4.78 is 2.28. The predicted molar refractivity (Wildman–Crippen MR) is 155 cm³/mol. The number of aliphatic imine (C=N–C) groups is 1. The number of aryl methyl sites for hydroxylation is 1. The fourth-order valence-electron chi connectivity index (χ4n) is 5.55. The number of unbranched alkanes of at least 4 members (excludes halogenated alkanes) is 1. The monoisotopic (exact) mass is 496 g/mol. The number of carbonyl (C=O) groups excluding carboxylic acids is 1. The summed E-state index contributed by atoms with van der Waals surface area (Å²) in [5, 5.41) is 4.34. The number of allylic oxidation sites excluding steroid dienone is 1. The molecule has 2 aromatic heterocycles. The van der Waals surface area contributed by atoms with Crippen molar-refractivity contribution < 1.29 is 4.79 Å². The Morgan fingerprint density at radius 3 is 2.73 bits per heavy atom. The molecule has 1 unspecified atom stereocenters. The Hall–Kier alpha value is -3.47. The summed E-state index contributed by atoms with van der Waals surface area (Å²) in [6, 6.07) is 14.7. The molecule has 194 valence electrons. The van der Waals surface area contributed by atoms with E-state index in [-0.39, 0.29) is 11.8 Å². The first-order valence-corrected chi connectivity index (χ1v) is 13.8. The first-order valence-electron chi connectivity index (χ1n) is 13.8. The van der Waals surface area contributed by atoms with Gasteiger partial charge in [0.1, 0.15) is 5.65 Å². The minimum Gasteiger partial charge on any atom is -0.350 e. The van der Waals surface area contributed by atoms with Crippen molar-refractivity contribution in [1.82, 2.24) is 14.9 Å². The molecule has 0 saturated heterocycles. The lowest BCUT2D eigenvalue weighted by molar-refractivity contribution is -0.127. The van der Waals surface area contributed by atoms with Gasteiger partial charge in [0, 0.05) is 42.0 Å². The maximum Gasteiger partial charge on any atom is 0.223 e. The van der Waals surface area contributed by atoms with Gasteiger partial charge in [-0.2, -0.15) is 0 Å². The topological polar surface area (TPSA) is 59.3 Å². The molecule has 1 amide bonds. The highest BCUT2D eigenvalue weighted by Crippen LogP contribution is 2.33. The zero-order valence-corrected chi connectivity index (χ0v) is 22.1. The normalized spacial score (nSPS) is 15.8. The second-order valence-electron chi connectivity index (χ2n) is 10.0. The average Bonchev–Trinajstić information content (AvgIpc) is 3.32. The molecule has 1 saturated carbocycles. The number of hydrogen-bond acceptors (Lipinski definition) is 3. The SMILES string of the molecule is C=CC(CNC(=O)C(CCCCn1cc(-c2ccccc2)c2cccnc21)C1CCCCC1)=N/C=C\C. The third kappa shape index (κ3) is 7.06. The maximum atomic E-state index is 13.3. The standard InChI is InChI=1S/C32H40N4O/c1-3-20-33-27(4-2)23-35-32(37)28(25-14-7-5-8-15-25)18-11-12-22-36-24-30(26-16-9-6-10-17-26)29-19-13-21-34-31(29)36/h3-4,6,9-10,13,16-17,19-21,24-25,28H,2,5,7-8,11-12,14-15,18,22-23H2,1H3,(H,35,37)/b20-3-,33-27?. The van der Waals surface area contributed by atoms with Gasteiger partial charge in [-0.3, -0.25) is 9.79 Å². The van der Waals surface area contributed by atoms with Gasteiger partial charge >= 0.3 is 0 Å². The summed E-state index contributed by atoms with van der Waals surface area (Å²) in [5.74, 6) is 0.709. The Kier molecular flexibility index (Phi) is 9.87. The van der Waals surface area contributed by atoms with Gasteiger partial charge in [-0.1, -0.05) is 68.7 Å². The zero-order chi connectivity index (χ0) is 25.9. The molecule has 5 nitrogen and oxygen atoms in total. The number of aromatic nitrogens is 2. The van der Waals surface area contributed by atoms with E-state index >= 15 is 0 Å². The highest BCUT2D eigenvalue weighted by Gasteiger charge is 2.29. The molecule has 0 spiro atoms. The Balaban J connectivity index is 1.40. The minimum absolute atomic E-state index is 0.0625. The van der Waals surface area contributed by atoms with E-state index in [1.54, 1.807) is 12.3 Å². The van der Waals surface area contributed by atoms with E-state index in [4.69, 9.17) is 0 Å². The number of rotatable bonds is 12. The molecule has 1 aromatic carbocycles. The van der Waals surface area contributed by atoms with Crippen LogP contribution in [-0.2, 0) is 11.3 Å². The van der Waals surface area contributed by atoms with Crippen molar-refractivity contribution in [3.8, 4) is 11.1 Å². The van der Waals surface area contributed by atoms with E-state index in [9.17, 15) is 4.79 Å². The average molecular weight is 497 g/mol. The predicted octanol–water partition coefficient (Wildman–Crippen LogP) is 7.35. The quantitative estimate of drug-likeness (QED) is 0.210. The third-order valence-corrected chi connectivity index (χ3v) is 7.51. The maximum absolute atomic E-state index is 13.3. The van der Waals surface area contributed by atoms with Gasteiger partial charge in [0.05, 0.1) is 12.3 Å². The van der Waals surface area contributed by atoms with Gasteiger partial charge in [0.25, 0.3) is 0 Å². The number of nitrogens with zero attached hydrogens (tertiary/aromatic N) is 3. The van der Waals surface area contributed by atoms with Crippen molar-refractivity contribution in [3.05, 3.63) is 79.8 Å². The summed E-state index contributed by atoms with van der Waals surface area (Å²) in [6.07, 6.45) is 18.5. The first-order chi connectivity index (χ1) is 18.2. The Labute approximate surface area is 221 Å². The largest absolute Gasteiger partial charge is 0.350 e. The molecule has 2 heterocycles. The van der Waals surface area contributed by atoms with Crippen molar-refractivity contribution in [3.63, 3.8) is 0 Å². The van der Waals surface area contributed by atoms with Gasteiger partial charge < -0.3 is 9.88 Å². The fraction of sp³-hybridized carbons (Fsp3) is 0.406. The molecule has 1 N–H and O–H groups in total. The fourth-order valence-corrected chi connectivity index (χ4v) is 5.55. The van der Waals surface area contributed by atoms with E-state index < -0.39 is 0 Å². The molecule has 5 heteroatoms. The van der Waals surface area contributed by atoms with Crippen LogP contribution in [0.3, 0.4) is 0 Å². The number of pyridine rings is 1. The van der Waals surface area contributed by atoms with Crippen molar-refractivity contribution >= 4 is 22.7 Å². The van der Waals surface area contributed by atoms with Crippen molar-refractivity contribution in [2.45, 2.75) is 64.8 Å². The lowest BCUT2D eigenvalue weighted by atomic mass is 9.77. The Morgan fingerprint density at radius 1 is 1.16 bits per heavy atom. The van der Waals surface area contributed by atoms with Crippen LogP contribution in [0.4, 0.5) is 0 Å². The lowest BCUT2D eigenvalue weighted by Gasteiger charge is -2.29. The smallest absolute Gasteiger partial charge is 0.223 e. The van der Waals surface area contributed by atoms with Crippen LogP contribution >= 0.6 is 0 Å². The van der Waals surface area contributed by atoms with Crippen molar-refractivity contribution in [2.75, 3.05) is 6.54 Å². The number of fused-ring (bicyclic) bond motifs is 1.